The van der Waals surface area contributed by atoms with Crippen molar-refractivity contribution in [1.82, 2.24) is 24.7 Å². The number of nitrogens with one attached hydrogen (secondary N) is 1. The number of nitrogens with zero attached hydrogens (tertiary/aromatic N) is 5. The van der Waals surface area contributed by atoms with Gasteiger partial charge in [0.2, 0.25) is 5.91 Å². The lowest BCUT2D eigenvalue weighted by molar-refractivity contribution is -0.113. The van der Waals surface area contributed by atoms with Crippen molar-refractivity contribution in [1.29, 1.82) is 0 Å². The monoisotopic (exact) mass is 498 g/mol. The van der Waals surface area contributed by atoms with Crippen LogP contribution in [0.4, 0.5) is 5.69 Å². The van der Waals surface area contributed by atoms with Gasteiger partial charge >= 0.3 is 5.97 Å². The van der Waals surface area contributed by atoms with Crippen LogP contribution in [0, 0.1) is 13.8 Å². The maximum atomic E-state index is 12.4. The first-order chi connectivity index (χ1) is 16.4. The summed E-state index contributed by atoms with van der Waals surface area (Å²) in [7, 11) is 0. The number of benzene rings is 1. The van der Waals surface area contributed by atoms with Crippen LogP contribution in [0.1, 0.15) is 34.5 Å². The molecular formula is C23H26N6O3S2. The van der Waals surface area contributed by atoms with Gasteiger partial charge in [0.05, 0.1) is 23.7 Å². The van der Waals surface area contributed by atoms with Crippen LogP contribution in [-0.2, 0) is 21.8 Å². The second kappa shape index (κ2) is 12.3. The summed E-state index contributed by atoms with van der Waals surface area (Å²) in [6, 6.07) is 8.49. The number of anilines is 1. The number of thioether (sulfide) groups is 2. The van der Waals surface area contributed by atoms with E-state index < -0.39 is 5.97 Å². The number of ether oxygens (including phenoxy) is 1. The molecule has 1 N–H and O–H groups in total. The molecule has 1 amide bonds. The van der Waals surface area contributed by atoms with Crippen molar-refractivity contribution in [3.8, 4) is 0 Å². The fourth-order valence-electron chi connectivity index (χ4n) is 2.96. The Hall–Kier alpha value is -3.18. The van der Waals surface area contributed by atoms with E-state index in [4.69, 9.17) is 4.74 Å². The van der Waals surface area contributed by atoms with Crippen LogP contribution in [0.15, 0.2) is 53.3 Å². The molecule has 1 aromatic carbocycles. The summed E-state index contributed by atoms with van der Waals surface area (Å²) in [5.41, 5.74) is 2.86. The standard InChI is InChI=1S/C23H26N6O3S2/c1-5-11-29-19(13-33-22-24-15(3)12-16(4)25-22)27-28-23(29)34-14-20(30)26-18-9-7-17(8-10-18)21(31)32-6-2/h5,7-10,12H,1,6,11,13-14H2,2-4H3,(H,26,30). The van der Waals surface area contributed by atoms with Crippen molar-refractivity contribution in [3.63, 3.8) is 0 Å². The van der Waals surface area contributed by atoms with Gasteiger partial charge in [0.15, 0.2) is 10.3 Å². The van der Waals surface area contributed by atoms with Crippen LogP contribution in [0.25, 0.3) is 0 Å². The van der Waals surface area contributed by atoms with E-state index in [1.807, 2.05) is 24.5 Å². The third-order valence-electron chi connectivity index (χ3n) is 4.41. The second-order valence-electron chi connectivity index (χ2n) is 7.15. The molecule has 2 heterocycles. The van der Waals surface area contributed by atoms with Gasteiger partial charge < -0.3 is 14.6 Å². The average Bonchev–Trinajstić information content (AvgIpc) is 3.18. The first kappa shape index (κ1) is 25.4. The van der Waals surface area contributed by atoms with Crippen molar-refractivity contribution in [2.75, 3.05) is 17.7 Å². The minimum absolute atomic E-state index is 0.155. The molecule has 0 unspecified atom stereocenters. The van der Waals surface area contributed by atoms with Gasteiger partial charge in [-0.1, -0.05) is 29.6 Å². The predicted octanol–water partition coefficient (Wildman–Crippen LogP) is 4.07. The van der Waals surface area contributed by atoms with Gasteiger partial charge in [0.25, 0.3) is 0 Å². The van der Waals surface area contributed by atoms with Crippen LogP contribution in [0.5, 0.6) is 0 Å². The molecule has 3 rings (SSSR count). The van der Waals surface area contributed by atoms with E-state index in [0.29, 0.717) is 40.5 Å². The number of hydrogen-bond acceptors (Lipinski definition) is 9. The van der Waals surface area contributed by atoms with E-state index in [-0.39, 0.29) is 11.7 Å². The Labute approximate surface area is 206 Å². The zero-order chi connectivity index (χ0) is 24.5. The molecule has 0 atom stereocenters. The fraction of sp³-hybridized carbons (Fsp3) is 0.304. The minimum atomic E-state index is -0.393. The molecule has 34 heavy (non-hydrogen) atoms. The minimum Gasteiger partial charge on any atom is -0.462 e. The van der Waals surface area contributed by atoms with Crippen LogP contribution in [0.2, 0.25) is 0 Å². The molecule has 0 aliphatic rings. The highest BCUT2D eigenvalue weighted by atomic mass is 32.2. The Kier molecular flexibility index (Phi) is 9.23. The number of aryl methyl sites for hydroxylation is 2. The van der Waals surface area contributed by atoms with Gasteiger partial charge in [-0.3, -0.25) is 4.79 Å². The fourth-order valence-corrected chi connectivity index (χ4v) is 4.62. The molecule has 0 saturated heterocycles. The average molecular weight is 499 g/mol. The molecule has 0 bridgehead atoms. The van der Waals surface area contributed by atoms with Crippen LogP contribution < -0.4 is 5.32 Å². The summed E-state index contributed by atoms with van der Waals surface area (Å²) in [5, 5.41) is 12.7. The maximum absolute atomic E-state index is 12.4. The van der Waals surface area contributed by atoms with Gasteiger partial charge in [-0.05, 0) is 51.1 Å². The van der Waals surface area contributed by atoms with E-state index in [2.05, 4.69) is 32.1 Å². The summed E-state index contributed by atoms with van der Waals surface area (Å²) in [5.74, 6) is 0.869. The van der Waals surface area contributed by atoms with Gasteiger partial charge in [-0.25, -0.2) is 14.8 Å². The molecule has 3 aromatic rings. The summed E-state index contributed by atoms with van der Waals surface area (Å²) < 4.78 is 6.89. The maximum Gasteiger partial charge on any atom is 0.338 e. The van der Waals surface area contributed by atoms with Crippen molar-refractivity contribution in [2.24, 2.45) is 0 Å². The van der Waals surface area contributed by atoms with E-state index in [0.717, 1.165) is 17.2 Å². The van der Waals surface area contributed by atoms with E-state index in [9.17, 15) is 9.59 Å². The third kappa shape index (κ3) is 7.16. The van der Waals surface area contributed by atoms with Crippen molar-refractivity contribution < 1.29 is 14.3 Å². The Morgan fingerprint density at radius 3 is 2.47 bits per heavy atom. The SMILES string of the molecule is C=CCn1c(CSc2nc(C)cc(C)n2)nnc1SCC(=O)Nc1ccc(C(=O)OCC)cc1. The summed E-state index contributed by atoms with van der Waals surface area (Å²) in [6.45, 7) is 10.3. The zero-order valence-electron chi connectivity index (χ0n) is 19.3. The van der Waals surface area contributed by atoms with Crippen LogP contribution in [-0.4, -0.2) is 49.0 Å². The lowest BCUT2D eigenvalue weighted by Gasteiger charge is -2.08. The van der Waals surface area contributed by atoms with Crippen LogP contribution in [0.3, 0.4) is 0 Å². The van der Waals surface area contributed by atoms with E-state index in [1.165, 1.54) is 23.5 Å². The first-order valence-electron chi connectivity index (χ1n) is 10.6. The van der Waals surface area contributed by atoms with Crippen molar-refractivity contribution in [3.05, 3.63) is 65.8 Å². The normalized spacial score (nSPS) is 10.7. The number of rotatable bonds is 11. The Bertz CT molecular complexity index is 1140. The highest BCUT2D eigenvalue weighted by molar-refractivity contribution is 7.99. The molecule has 0 aliphatic heterocycles. The molecule has 11 heteroatoms. The molecule has 0 saturated carbocycles. The molecule has 0 aliphatic carbocycles. The number of allylic oxidation sites excluding steroid dienone is 1. The number of aromatic nitrogens is 5. The molecule has 0 spiro atoms. The molecule has 2 aromatic heterocycles. The number of carbonyl (C=O) groups is 2. The topological polar surface area (TPSA) is 112 Å². The van der Waals surface area contributed by atoms with E-state index >= 15 is 0 Å². The van der Waals surface area contributed by atoms with E-state index in [1.54, 1.807) is 37.3 Å². The highest BCUT2D eigenvalue weighted by Gasteiger charge is 2.15. The summed E-state index contributed by atoms with van der Waals surface area (Å²) in [4.78, 5) is 33.1. The van der Waals surface area contributed by atoms with Crippen molar-refractivity contribution in [2.45, 2.75) is 43.4 Å². The number of carbonyl (C=O) groups excluding carboxylic acids is 2. The number of amides is 1. The zero-order valence-corrected chi connectivity index (χ0v) is 20.9. The molecule has 9 nitrogen and oxygen atoms in total. The van der Waals surface area contributed by atoms with Gasteiger partial charge in [0, 0.05) is 23.6 Å². The molecular weight excluding hydrogens is 472 g/mol. The smallest absolute Gasteiger partial charge is 0.338 e. The Balaban J connectivity index is 1.58. The first-order valence-corrected chi connectivity index (χ1v) is 12.5. The predicted molar refractivity (Wildman–Crippen MR) is 133 cm³/mol. The Morgan fingerprint density at radius 2 is 1.82 bits per heavy atom. The third-order valence-corrected chi connectivity index (χ3v) is 6.22. The summed E-state index contributed by atoms with van der Waals surface area (Å²) >= 11 is 2.78. The highest BCUT2D eigenvalue weighted by Crippen LogP contribution is 2.23. The van der Waals surface area contributed by atoms with Gasteiger partial charge in [0.1, 0.15) is 5.82 Å². The molecule has 0 radical (unpaired) electrons. The number of esters is 1. The number of hydrogen-bond donors (Lipinski definition) is 1. The van der Waals surface area contributed by atoms with Crippen LogP contribution >= 0.6 is 23.5 Å². The van der Waals surface area contributed by atoms with Gasteiger partial charge in [-0.15, -0.1) is 16.8 Å². The second-order valence-corrected chi connectivity index (χ2v) is 9.04. The largest absolute Gasteiger partial charge is 0.462 e. The van der Waals surface area contributed by atoms with Gasteiger partial charge in [-0.2, -0.15) is 0 Å². The lowest BCUT2D eigenvalue weighted by atomic mass is 10.2. The quantitative estimate of drug-likeness (QED) is 0.181. The summed E-state index contributed by atoms with van der Waals surface area (Å²) in [6.07, 6.45) is 1.76. The molecule has 0 fully saturated rings. The lowest BCUT2D eigenvalue weighted by Crippen LogP contribution is -2.15. The molecule has 178 valence electrons. The van der Waals surface area contributed by atoms with Crippen molar-refractivity contribution >= 4 is 41.1 Å². The Morgan fingerprint density at radius 1 is 1.12 bits per heavy atom.